The van der Waals surface area contributed by atoms with Crippen LogP contribution < -0.4 is 0 Å². The van der Waals surface area contributed by atoms with Crippen LogP contribution in [0.2, 0.25) is 0 Å². The van der Waals surface area contributed by atoms with Gasteiger partial charge in [-0.25, -0.2) is 0 Å². The van der Waals surface area contributed by atoms with E-state index in [1.807, 2.05) is 0 Å². The van der Waals surface area contributed by atoms with Crippen molar-refractivity contribution in [3.8, 4) is 94.7 Å². The molecule has 16 aromatic rings. The Balaban J connectivity index is 0.000000102. The van der Waals surface area contributed by atoms with E-state index in [9.17, 15) is 0 Å². The minimum atomic E-state index is 1.17. The van der Waals surface area contributed by atoms with Crippen molar-refractivity contribution in [2.24, 2.45) is 0 Å². The smallest absolute Gasteiger partial charge is 0.0620 e. The highest BCUT2D eigenvalue weighted by atomic mass is 79.9. The lowest BCUT2D eigenvalue weighted by molar-refractivity contribution is 1.21. The number of hydrogen-bond donors (Lipinski definition) is 1. The van der Waals surface area contributed by atoms with Gasteiger partial charge in [-0.05, 0) is 152 Å². The number of aromatic nitrogens is 2. The summed E-state index contributed by atoms with van der Waals surface area (Å²) in [6.07, 6.45) is 0. The third-order valence-electron chi connectivity index (χ3n) is 17.7. The Morgan fingerprint density at radius 1 is 0.253 bits per heavy atom. The first kappa shape index (κ1) is 43.3. The molecular weight excluding hydrogens is 1020 g/mol. The summed E-state index contributed by atoms with van der Waals surface area (Å²) in [4.78, 5) is 3.63. The lowest BCUT2D eigenvalue weighted by atomic mass is 9.98. The molecule has 2 heterocycles. The van der Waals surface area contributed by atoms with E-state index in [4.69, 9.17) is 0 Å². The molecule has 0 fully saturated rings. The van der Waals surface area contributed by atoms with Crippen molar-refractivity contribution in [1.29, 1.82) is 0 Å². The number of benzene rings is 14. The molecule has 2 aromatic heterocycles. The van der Waals surface area contributed by atoms with Gasteiger partial charge in [0, 0.05) is 47.7 Å². The highest BCUT2D eigenvalue weighted by Gasteiger charge is 2.29. The molecule has 20 rings (SSSR count). The van der Waals surface area contributed by atoms with E-state index in [1.54, 1.807) is 0 Å². The lowest BCUT2D eigenvalue weighted by Gasteiger charge is -2.15. The maximum Gasteiger partial charge on any atom is 0.0620 e. The molecule has 1 N–H and O–H groups in total. The van der Waals surface area contributed by atoms with Crippen LogP contribution in [0, 0.1) is 0 Å². The predicted molar refractivity (Wildman–Crippen MR) is 338 cm³/mol. The monoisotopic (exact) mass is 1060 g/mol. The van der Waals surface area contributed by atoms with E-state index >= 15 is 0 Å². The van der Waals surface area contributed by atoms with Crippen LogP contribution >= 0.6 is 15.9 Å². The van der Waals surface area contributed by atoms with E-state index < -0.39 is 0 Å². The number of aromatic amines is 1. The fraction of sp³-hybridized carbons (Fsp3) is 0. The summed E-state index contributed by atoms with van der Waals surface area (Å²) in [5, 5.41) is 16.0. The molecule has 4 aliphatic carbocycles. The fourth-order valence-electron chi connectivity index (χ4n) is 14.5. The number of rotatable bonds is 1. The van der Waals surface area contributed by atoms with Crippen LogP contribution in [0.15, 0.2) is 259 Å². The molecule has 0 aliphatic heterocycles. The lowest BCUT2D eigenvalue weighted by Crippen LogP contribution is -1.96. The van der Waals surface area contributed by atoms with Gasteiger partial charge in [0.15, 0.2) is 0 Å². The van der Waals surface area contributed by atoms with Crippen LogP contribution in [0.25, 0.3) is 181 Å². The molecular formula is C76H43BrN2. The molecule has 0 unspecified atom stereocenters. The van der Waals surface area contributed by atoms with Gasteiger partial charge >= 0.3 is 0 Å². The van der Waals surface area contributed by atoms with E-state index in [2.05, 4.69) is 280 Å². The first-order valence-electron chi connectivity index (χ1n) is 27.3. The van der Waals surface area contributed by atoms with Gasteiger partial charge in [0.25, 0.3) is 0 Å². The zero-order chi connectivity index (χ0) is 51.6. The van der Waals surface area contributed by atoms with Gasteiger partial charge < -0.3 is 9.55 Å². The Hall–Kier alpha value is -9.80. The molecule has 0 radical (unpaired) electrons. The summed E-state index contributed by atoms with van der Waals surface area (Å²) >= 11 is 3.64. The van der Waals surface area contributed by atoms with Gasteiger partial charge in [0.2, 0.25) is 0 Å². The number of halogens is 1. The molecule has 14 aromatic carbocycles. The van der Waals surface area contributed by atoms with E-state index in [1.165, 1.54) is 186 Å². The maximum absolute atomic E-state index is 3.64. The Morgan fingerprint density at radius 2 is 0.633 bits per heavy atom. The average Bonchev–Trinajstić information content (AvgIpc) is 4.26. The molecule has 4 aliphatic rings. The summed E-state index contributed by atoms with van der Waals surface area (Å²) in [7, 11) is 0. The second kappa shape index (κ2) is 16.1. The largest absolute Gasteiger partial charge is 0.354 e. The van der Waals surface area contributed by atoms with Crippen LogP contribution in [-0.4, -0.2) is 9.55 Å². The van der Waals surface area contributed by atoms with Crippen molar-refractivity contribution >= 4 is 103 Å². The highest BCUT2D eigenvalue weighted by molar-refractivity contribution is 9.10. The molecule has 79 heavy (non-hydrogen) atoms. The van der Waals surface area contributed by atoms with Crippen LogP contribution in [0.3, 0.4) is 0 Å². The number of para-hydroxylation sites is 2. The molecule has 3 heteroatoms. The molecule has 0 saturated carbocycles. The maximum atomic E-state index is 3.64. The van der Waals surface area contributed by atoms with Gasteiger partial charge in [-0.2, -0.15) is 0 Å². The van der Waals surface area contributed by atoms with Gasteiger partial charge in [0.05, 0.1) is 22.2 Å². The zero-order valence-corrected chi connectivity index (χ0v) is 44.2. The molecule has 0 amide bonds. The molecule has 2 nitrogen and oxygen atoms in total. The molecule has 364 valence electrons. The van der Waals surface area contributed by atoms with Gasteiger partial charge in [-0.15, -0.1) is 0 Å². The molecule has 0 bridgehead atoms. The summed E-state index contributed by atoms with van der Waals surface area (Å²) < 4.78 is 3.70. The Morgan fingerprint density at radius 3 is 1.22 bits per heavy atom. The summed E-state index contributed by atoms with van der Waals surface area (Å²) in [5.74, 6) is 0. The normalized spacial score (nSPS) is 12.4. The number of nitrogens with zero attached hydrogens (tertiary/aromatic N) is 1. The van der Waals surface area contributed by atoms with Crippen molar-refractivity contribution in [3.63, 3.8) is 0 Å². The van der Waals surface area contributed by atoms with E-state index in [-0.39, 0.29) is 0 Å². The first-order valence-corrected chi connectivity index (χ1v) is 28.1. The van der Waals surface area contributed by atoms with Crippen LogP contribution in [0.4, 0.5) is 0 Å². The molecule has 0 spiro atoms. The minimum absolute atomic E-state index is 1.17. The van der Waals surface area contributed by atoms with Crippen LogP contribution in [0.1, 0.15) is 0 Å². The second-order valence-electron chi connectivity index (χ2n) is 21.5. The SMILES string of the molecule is Brc1ccc2c3c(cccc13)-c1ccccc1-2.c1ccc2c(c1)-c1cccc3c(-n4c5ccccc5c5cc6c7c(cccc7c54)-c4ccccc4-6)ccc-2c13.c1ccc2c(c1)-c1cccc3c1c-2cc1c2ccccc2[nH]c31. The number of nitrogens with one attached hydrogen (secondary N) is 1. The van der Waals surface area contributed by atoms with Crippen molar-refractivity contribution in [3.05, 3.63) is 259 Å². The fourth-order valence-corrected chi connectivity index (χ4v) is 15.0. The van der Waals surface area contributed by atoms with Gasteiger partial charge in [-0.1, -0.05) is 234 Å². The predicted octanol–water partition coefficient (Wildman–Crippen LogP) is 21.8. The number of H-pyrrole nitrogens is 1. The quantitative estimate of drug-likeness (QED) is 0.169. The van der Waals surface area contributed by atoms with Crippen molar-refractivity contribution in [2.75, 3.05) is 0 Å². The first-order chi connectivity index (χ1) is 39.2. The minimum Gasteiger partial charge on any atom is -0.354 e. The number of hydrogen-bond acceptors (Lipinski definition) is 0. The van der Waals surface area contributed by atoms with Crippen molar-refractivity contribution < 1.29 is 0 Å². The van der Waals surface area contributed by atoms with Gasteiger partial charge in [-0.3, -0.25) is 0 Å². The summed E-state index contributed by atoms with van der Waals surface area (Å²) in [6.45, 7) is 0. The van der Waals surface area contributed by atoms with E-state index in [0.29, 0.717) is 0 Å². The Kier molecular flexibility index (Phi) is 8.84. The molecule has 0 saturated heterocycles. The third-order valence-corrected chi connectivity index (χ3v) is 18.4. The standard InChI is InChI=1S/C38H21N.C22H13N.C16H9Br/c1-2-10-23-22(9-1)27-14-7-16-30-35(20-19-29(23)36(27)30)39-34-18-6-5-13-26(34)33-21-32-25-12-4-3-11-24(25)28-15-8-17-31(37(28)32)38(33)39;1-2-7-14-13(6-1)16-9-5-10-17-21(16)18(14)12-19-15-8-3-4-11-20(15)23-22(17)19;17-15-9-8-13-11-5-2-1-4-10(11)12-6-3-7-14(15)16(12)13/h1-21H;1-12,23H;1-9H. The Bertz CT molecular complexity index is 5340. The topological polar surface area (TPSA) is 20.7 Å². The van der Waals surface area contributed by atoms with Crippen molar-refractivity contribution in [1.82, 2.24) is 9.55 Å². The summed E-state index contributed by atoms with van der Waals surface area (Å²) in [6, 6.07) is 93.2. The highest BCUT2D eigenvalue weighted by Crippen LogP contribution is 2.55. The van der Waals surface area contributed by atoms with Crippen LogP contribution in [-0.2, 0) is 0 Å². The van der Waals surface area contributed by atoms with E-state index in [0.717, 1.165) is 0 Å². The average molecular weight is 1060 g/mol. The number of fused-ring (bicyclic) bond motifs is 20. The second-order valence-corrected chi connectivity index (χ2v) is 22.4. The van der Waals surface area contributed by atoms with Crippen molar-refractivity contribution in [2.45, 2.75) is 0 Å². The molecule has 0 atom stereocenters. The van der Waals surface area contributed by atoms with Gasteiger partial charge in [0.1, 0.15) is 0 Å². The third kappa shape index (κ3) is 5.84. The van der Waals surface area contributed by atoms with Crippen LogP contribution in [0.5, 0.6) is 0 Å². The Labute approximate surface area is 463 Å². The summed E-state index contributed by atoms with van der Waals surface area (Å²) in [5.41, 5.74) is 27.8. The zero-order valence-electron chi connectivity index (χ0n) is 42.6.